The van der Waals surface area contributed by atoms with Crippen molar-refractivity contribution >= 4 is 45.3 Å². The van der Waals surface area contributed by atoms with Crippen molar-refractivity contribution in [2.45, 2.75) is 0 Å². The fourth-order valence-electron chi connectivity index (χ4n) is 3.78. The van der Waals surface area contributed by atoms with Crippen LogP contribution < -0.4 is 10.1 Å². The van der Waals surface area contributed by atoms with Crippen LogP contribution in [0.4, 0.5) is 11.4 Å². The molecule has 3 heteroatoms. The lowest BCUT2D eigenvalue weighted by atomic mass is 10.1. The average Bonchev–Trinajstić information content (AvgIpc) is 2.83. The Morgan fingerprint density at radius 3 is 1.97 bits per heavy atom. The van der Waals surface area contributed by atoms with Gasteiger partial charge in [-0.05, 0) is 35.4 Å². The van der Waals surface area contributed by atoms with Gasteiger partial charge >= 0.3 is 0 Å². The lowest BCUT2D eigenvalue weighted by Crippen LogP contribution is -1.98. The number of nitrogens with zero attached hydrogens (tertiary/aromatic N) is 1. The largest absolute Gasteiger partial charge is 0.495 e. The van der Waals surface area contributed by atoms with Crippen molar-refractivity contribution in [1.29, 1.82) is 0 Å². The molecule has 3 nitrogen and oxygen atoms in total. The van der Waals surface area contributed by atoms with Crippen molar-refractivity contribution in [3.63, 3.8) is 0 Å². The summed E-state index contributed by atoms with van der Waals surface area (Å²) >= 11 is 0. The summed E-state index contributed by atoms with van der Waals surface area (Å²) in [5.41, 5.74) is 6.12. The number of benzene rings is 4. The second-order valence-electron chi connectivity index (χ2n) is 7.35. The first-order valence-corrected chi connectivity index (χ1v) is 10.3. The van der Waals surface area contributed by atoms with Gasteiger partial charge in [-0.3, -0.25) is 0 Å². The molecule has 0 unspecified atom stereocenters. The SMILES string of the molecule is COc1cc(/C=C/c2ccccc2)ccc1Nc1c2ccccc2nc2ccccc12. The topological polar surface area (TPSA) is 34.1 Å². The Bertz CT molecular complexity index is 1340. The van der Waals surface area contributed by atoms with Crippen LogP contribution >= 0.6 is 0 Å². The van der Waals surface area contributed by atoms with Gasteiger partial charge in [0, 0.05) is 10.8 Å². The van der Waals surface area contributed by atoms with Crippen molar-refractivity contribution in [2.75, 3.05) is 12.4 Å². The number of rotatable bonds is 5. The fraction of sp³-hybridized carbons (Fsp3) is 0.0357. The first kappa shape index (κ1) is 18.9. The van der Waals surface area contributed by atoms with Crippen LogP contribution in [0.5, 0.6) is 5.75 Å². The van der Waals surface area contributed by atoms with E-state index in [1.165, 1.54) is 5.56 Å². The predicted octanol–water partition coefficient (Wildman–Crippen LogP) is 7.31. The summed E-state index contributed by atoms with van der Waals surface area (Å²) in [5.74, 6) is 0.792. The van der Waals surface area contributed by atoms with Gasteiger partial charge in [-0.1, -0.05) is 84.9 Å². The maximum atomic E-state index is 5.72. The molecule has 0 aliphatic rings. The predicted molar refractivity (Wildman–Crippen MR) is 131 cm³/mol. The number of para-hydroxylation sites is 2. The molecule has 0 atom stereocenters. The Hall–Kier alpha value is -4.11. The Kier molecular flexibility index (Phi) is 5.07. The van der Waals surface area contributed by atoms with E-state index in [4.69, 9.17) is 9.72 Å². The zero-order valence-corrected chi connectivity index (χ0v) is 17.2. The van der Waals surface area contributed by atoms with Gasteiger partial charge in [-0.15, -0.1) is 0 Å². The fourth-order valence-corrected chi connectivity index (χ4v) is 3.78. The third kappa shape index (κ3) is 3.86. The summed E-state index contributed by atoms with van der Waals surface area (Å²) in [4.78, 5) is 4.81. The number of hydrogen-bond acceptors (Lipinski definition) is 3. The van der Waals surface area contributed by atoms with E-state index in [9.17, 15) is 0 Å². The minimum atomic E-state index is 0.792. The molecule has 5 aromatic rings. The standard InChI is InChI=1S/C28H22N2O/c1-31-27-19-21(16-15-20-9-3-2-4-10-20)17-18-26(27)30-28-22-11-5-7-13-24(22)29-25-14-8-6-12-23(25)28/h2-19H,1H3,(H,29,30)/b16-15+. The Labute approximate surface area is 181 Å². The Morgan fingerprint density at radius 2 is 1.29 bits per heavy atom. The van der Waals surface area contributed by atoms with E-state index in [1.807, 2.05) is 60.7 Å². The van der Waals surface area contributed by atoms with Crippen LogP contribution in [0, 0.1) is 0 Å². The van der Waals surface area contributed by atoms with Crippen LogP contribution in [-0.2, 0) is 0 Å². The molecule has 0 aliphatic carbocycles. The Balaban J connectivity index is 1.55. The van der Waals surface area contributed by atoms with E-state index in [2.05, 4.69) is 53.9 Å². The quantitative estimate of drug-likeness (QED) is 0.247. The highest BCUT2D eigenvalue weighted by Gasteiger charge is 2.11. The second kappa shape index (κ2) is 8.33. The molecule has 5 rings (SSSR count). The highest BCUT2D eigenvalue weighted by Crippen LogP contribution is 2.36. The van der Waals surface area contributed by atoms with Crippen LogP contribution in [0.1, 0.15) is 11.1 Å². The zero-order valence-electron chi connectivity index (χ0n) is 17.2. The molecule has 31 heavy (non-hydrogen) atoms. The monoisotopic (exact) mass is 402 g/mol. The summed E-state index contributed by atoms with van der Waals surface area (Å²) in [6, 6.07) is 32.9. The molecule has 1 aromatic heterocycles. The number of fused-ring (bicyclic) bond motifs is 2. The van der Waals surface area contributed by atoms with E-state index in [0.29, 0.717) is 0 Å². The van der Waals surface area contributed by atoms with Crippen molar-refractivity contribution < 1.29 is 4.74 Å². The minimum Gasteiger partial charge on any atom is -0.495 e. The molecular weight excluding hydrogens is 380 g/mol. The maximum absolute atomic E-state index is 5.72. The summed E-state index contributed by atoms with van der Waals surface area (Å²) in [5, 5.41) is 5.78. The van der Waals surface area contributed by atoms with Gasteiger partial charge < -0.3 is 10.1 Å². The number of nitrogens with one attached hydrogen (secondary N) is 1. The molecule has 0 saturated carbocycles. The van der Waals surface area contributed by atoms with Gasteiger partial charge in [0.05, 0.1) is 29.5 Å². The van der Waals surface area contributed by atoms with E-state index in [0.717, 1.165) is 44.5 Å². The molecular formula is C28H22N2O. The zero-order chi connectivity index (χ0) is 21.0. The molecule has 1 N–H and O–H groups in total. The highest BCUT2D eigenvalue weighted by atomic mass is 16.5. The van der Waals surface area contributed by atoms with Crippen molar-refractivity contribution in [3.05, 3.63) is 108 Å². The third-order valence-electron chi connectivity index (χ3n) is 5.34. The van der Waals surface area contributed by atoms with Crippen molar-refractivity contribution in [2.24, 2.45) is 0 Å². The van der Waals surface area contributed by atoms with Crippen LogP contribution in [0.2, 0.25) is 0 Å². The molecule has 0 fully saturated rings. The summed E-state index contributed by atoms with van der Waals surface area (Å²) in [7, 11) is 1.70. The lowest BCUT2D eigenvalue weighted by molar-refractivity contribution is 0.417. The van der Waals surface area contributed by atoms with E-state index in [1.54, 1.807) is 7.11 Å². The molecule has 0 spiro atoms. The first-order valence-electron chi connectivity index (χ1n) is 10.3. The second-order valence-corrected chi connectivity index (χ2v) is 7.35. The molecule has 4 aromatic carbocycles. The van der Waals surface area contributed by atoms with Crippen LogP contribution in [-0.4, -0.2) is 12.1 Å². The smallest absolute Gasteiger partial charge is 0.142 e. The van der Waals surface area contributed by atoms with Crippen LogP contribution in [0.15, 0.2) is 97.1 Å². The minimum absolute atomic E-state index is 0.792. The maximum Gasteiger partial charge on any atom is 0.142 e. The van der Waals surface area contributed by atoms with E-state index < -0.39 is 0 Å². The van der Waals surface area contributed by atoms with Gasteiger partial charge in [0.2, 0.25) is 0 Å². The number of pyridine rings is 1. The number of hydrogen-bond donors (Lipinski definition) is 1. The molecule has 0 saturated heterocycles. The molecule has 0 radical (unpaired) electrons. The third-order valence-corrected chi connectivity index (χ3v) is 5.34. The highest BCUT2D eigenvalue weighted by molar-refractivity contribution is 6.08. The number of aromatic nitrogens is 1. The van der Waals surface area contributed by atoms with Gasteiger partial charge in [0.25, 0.3) is 0 Å². The first-order chi connectivity index (χ1) is 15.3. The van der Waals surface area contributed by atoms with Crippen molar-refractivity contribution in [1.82, 2.24) is 4.98 Å². The normalized spacial score (nSPS) is 11.3. The van der Waals surface area contributed by atoms with Crippen molar-refractivity contribution in [3.8, 4) is 5.75 Å². The number of anilines is 2. The summed E-state index contributed by atoms with van der Waals surface area (Å²) in [6.07, 6.45) is 4.20. The van der Waals surface area contributed by atoms with Gasteiger partial charge in [0.15, 0.2) is 0 Å². The van der Waals surface area contributed by atoms with Crippen LogP contribution in [0.3, 0.4) is 0 Å². The summed E-state index contributed by atoms with van der Waals surface area (Å²) in [6.45, 7) is 0. The van der Waals surface area contributed by atoms with Gasteiger partial charge in [-0.2, -0.15) is 0 Å². The molecule has 0 aliphatic heterocycles. The number of ether oxygens (including phenoxy) is 1. The van der Waals surface area contributed by atoms with E-state index >= 15 is 0 Å². The Morgan fingerprint density at radius 1 is 0.677 bits per heavy atom. The van der Waals surface area contributed by atoms with Gasteiger partial charge in [-0.25, -0.2) is 4.98 Å². The molecule has 150 valence electrons. The number of methoxy groups -OCH3 is 1. The summed E-state index contributed by atoms with van der Waals surface area (Å²) < 4.78 is 5.72. The van der Waals surface area contributed by atoms with Gasteiger partial charge in [0.1, 0.15) is 5.75 Å². The molecule has 0 amide bonds. The van der Waals surface area contributed by atoms with Crippen LogP contribution in [0.25, 0.3) is 34.0 Å². The average molecular weight is 402 g/mol. The molecule has 1 heterocycles. The van der Waals surface area contributed by atoms with E-state index in [-0.39, 0.29) is 0 Å². The molecule has 0 bridgehead atoms. The lowest BCUT2D eigenvalue weighted by Gasteiger charge is -2.16.